The van der Waals surface area contributed by atoms with Crippen LogP contribution in [0.1, 0.15) is 19.3 Å². The van der Waals surface area contributed by atoms with Crippen molar-refractivity contribution in [1.29, 1.82) is 0 Å². The van der Waals surface area contributed by atoms with Crippen LogP contribution in [0.15, 0.2) is 11.6 Å². The van der Waals surface area contributed by atoms with Crippen molar-refractivity contribution in [2.45, 2.75) is 25.3 Å². The van der Waals surface area contributed by atoms with Crippen molar-refractivity contribution in [3.8, 4) is 0 Å². The van der Waals surface area contributed by atoms with Gasteiger partial charge in [0.1, 0.15) is 0 Å². The van der Waals surface area contributed by atoms with Gasteiger partial charge in [0.05, 0.1) is 13.2 Å². The number of thioether (sulfide) groups is 1. The molecule has 0 aromatic rings. The van der Waals surface area contributed by atoms with Crippen LogP contribution in [0.25, 0.3) is 0 Å². The lowest BCUT2D eigenvalue weighted by Gasteiger charge is -2.15. The Kier molecular flexibility index (Phi) is 4.35. The Bertz CT molecular complexity index is 199. The quantitative estimate of drug-likeness (QED) is 0.720. The minimum absolute atomic E-state index is 0.778. The number of ether oxygens (including phenoxy) is 1. The van der Waals surface area contributed by atoms with Gasteiger partial charge in [-0.2, -0.15) is 11.8 Å². The molecule has 2 aliphatic heterocycles. The van der Waals surface area contributed by atoms with E-state index in [0.717, 1.165) is 32.2 Å². The third-order valence-electron chi connectivity index (χ3n) is 2.87. The molecule has 14 heavy (non-hydrogen) atoms. The van der Waals surface area contributed by atoms with Crippen LogP contribution in [0.5, 0.6) is 0 Å². The number of rotatable bonds is 4. The van der Waals surface area contributed by atoms with E-state index in [1.165, 1.54) is 24.3 Å². The summed E-state index contributed by atoms with van der Waals surface area (Å²) in [5.41, 5.74) is 1.58. The van der Waals surface area contributed by atoms with Crippen LogP contribution in [-0.4, -0.2) is 37.3 Å². The number of hydrogen-bond acceptors (Lipinski definition) is 3. The molecular weight excluding hydrogens is 194 g/mol. The first-order valence-electron chi connectivity index (χ1n) is 5.52. The Morgan fingerprint density at radius 2 is 2.57 bits per heavy atom. The molecule has 0 bridgehead atoms. The lowest BCUT2D eigenvalue weighted by Crippen LogP contribution is -2.29. The zero-order valence-electron chi connectivity index (χ0n) is 8.63. The fourth-order valence-corrected chi connectivity index (χ4v) is 3.11. The van der Waals surface area contributed by atoms with Crippen LogP contribution >= 0.6 is 11.8 Å². The summed E-state index contributed by atoms with van der Waals surface area (Å²) in [6.07, 6.45) is 5.95. The lowest BCUT2D eigenvalue weighted by atomic mass is 10.1. The van der Waals surface area contributed by atoms with Crippen molar-refractivity contribution in [1.82, 2.24) is 5.32 Å². The summed E-state index contributed by atoms with van der Waals surface area (Å²) in [6, 6.07) is 0.778. The van der Waals surface area contributed by atoms with Crippen molar-refractivity contribution in [2.75, 3.05) is 31.3 Å². The number of hydrogen-bond donors (Lipinski definition) is 1. The first kappa shape index (κ1) is 10.5. The summed E-state index contributed by atoms with van der Waals surface area (Å²) in [5.74, 6) is 2.65. The van der Waals surface area contributed by atoms with E-state index in [2.05, 4.69) is 23.2 Å². The first-order chi connectivity index (χ1) is 6.95. The zero-order valence-corrected chi connectivity index (χ0v) is 9.44. The van der Waals surface area contributed by atoms with Gasteiger partial charge in [0, 0.05) is 11.8 Å². The van der Waals surface area contributed by atoms with Crippen molar-refractivity contribution in [2.24, 2.45) is 0 Å². The standard InChI is InChI=1S/C11H19NOS/c1(10-2-6-13-7-3-10)5-12-11-4-8-14-9-11/h2,11-12H,1,3-9H2. The average molecular weight is 213 g/mol. The maximum Gasteiger partial charge on any atom is 0.0650 e. The second-order valence-corrected chi connectivity index (χ2v) is 5.10. The van der Waals surface area contributed by atoms with Gasteiger partial charge < -0.3 is 10.1 Å². The summed E-state index contributed by atoms with van der Waals surface area (Å²) >= 11 is 2.07. The van der Waals surface area contributed by atoms with Gasteiger partial charge in [-0.3, -0.25) is 0 Å². The Morgan fingerprint density at radius 3 is 3.29 bits per heavy atom. The summed E-state index contributed by atoms with van der Waals surface area (Å²) in [4.78, 5) is 0. The molecule has 1 saturated heterocycles. The zero-order chi connectivity index (χ0) is 9.64. The summed E-state index contributed by atoms with van der Waals surface area (Å²) in [7, 11) is 0. The molecule has 80 valence electrons. The summed E-state index contributed by atoms with van der Waals surface area (Å²) in [5, 5.41) is 3.63. The van der Waals surface area contributed by atoms with E-state index in [4.69, 9.17) is 4.74 Å². The minimum Gasteiger partial charge on any atom is -0.377 e. The highest BCUT2D eigenvalue weighted by Crippen LogP contribution is 2.17. The maximum atomic E-state index is 5.28. The monoisotopic (exact) mass is 213 g/mol. The molecule has 0 aromatic heterocycles. The smallest absolute Gasteiger partial charge is 0.0650 e. The Labute approximate surface area is 90.5 Å². The van der Waals surface area contributed by atoms with Gasteiger partial charge >= 0.3 is 0 Å². The third-order valence-corrected chi connectivity index (χ3v) is 4.03. The van der Waals surface area contributed by atoms with Crippen LogP contribution < -0.4 is 5.32 Å². The summed E-state index contributed by atoms with van der Waals surface area (Å²) in [6.45, 7) is 2.90. The van der Waals surface area contributed by atoms with Gasteiger partial charge in [-0.25, -0.2) is 0 Å². The highest BCUT2D eigenvalue weighted by atomic mass is 32.2. The van der Waals surface area contributed by atoms with Crippen molar-refractivity contribution >= 4 is 11.8 Å². The predicted octanol–water partition coefficient (Wildman–Crippen LogP) is 1.82. The molecule has 1 atom stereocenters. The predicted molar refractivity (Wildman–Crippen MR) is 61.9 cm³/mol. The molecule has 0 saturated carbocycles. The lowest BCUT2D eigenvalue weighted by molar-refractivity contribution is 0.153. The molecule has 2 nitrogen and oxygen atoms in total. The molecule has 0 aliphatic carbocycles. The Balaban J connectivity index is 1.59. The first-order valence-corrected chi connectivity index (χ1v) is 6.67. The molecule has 3 heteroatoms. The number of nitrogens with one attached hydrogen (secondary N) is 1. The van der Waals surface area contributed by atoms with Gasteiger partial charge in [0.25, 0.3) is 0 Å². The summed E-state index contributed by atoms with van der Waals surface area (Å²) < 4.78 is 5.28. The van der Waals surface area contributed by atoms with Crippen LogP contribution in [0.2, 0.25) is 0 Å². The topological polar surface area (TPSA) is 21.3 Å². The Hall–Kier alpha value is 0.01000. The van der Waals surface area contributed by atoms with E-state index >= 15 is 0 Å². The molecule has 1 unspecified atom stereocenters. The van der Waals surface area contributed by atoms with Gasteiger partial charge in [-0.1, -0.05) is 11.6 Å². The molecule has 0 radical (unpaired) electrons. The van der Waals surface area contributed by atoms with E-state index in [9.17, 15) is 0 Å². The molecule has 0 spiro atoms. The fraction of sp³-hybridized carbons (Fsp3) is 0.818. The van der Waals surface area contributed by atoms with Gasteiger partial charge in [0.15, 0.2) is 0 Å². The van der Waals surface area contributed by atoms with Gasteiger partial charge in [0.2, 0.25) is 0 Å². The molecule has 2 heterocycles. The van der Waals surface area contributed by atoms with Crippen molar-refractivity contribution in [3.63, 3.8) is 0 Å². The molecule has 2 rings (SSSR count). The highest BCUT2D eigenvalue weighted by molar-refractivity contribution is 7.99. The highest BCUT2D eigenvalue weighted by Gasteiger charge is 2.14. The van der Waals surface area contributed by atoms with Crippen LogP contribution in [0, 0.1) is 0 Å². The molecule has 1 fully saturated rings. The molecule has 0 aromatic carbocycles. The SMILES string of the molecule is C1=C(CCNC2CCSC2)CCOC1. The maximum absolute atomic E-state index is 5.28. The van der Waals surface area contributed by atoms with E-state index in [1.807, 2.05) is 0 Å². The molecule has 1 N–H and O–H groups in total. The van der Waals surface area contributed by atoms with E-state index in [1.54, 1.807) is 5.57 Å². The second-order valence-electron chi connectivity index (χ2n) is 3.95. The van der Waals surface area contributed by atoms with Crippen LogP contribution in [0.4, 0.5) is 0 Å². The largest absolute Gasteiger partial charge is 0.377 e. The normalized spacial score (nSPS) is 27.7. The average Bonchev–Trinajstić information content (AvgIpc) is 2.72. The van der Waals surface area contributed by atoms with E-state index in [-0.39, 0.29) is 0 Å². The molecule has 2 aliphatic rings. The second kappa shape index (κ2) is 5.79. The van der Waals surface area contributed by atoms with Crippen molar-refractivity contribution in [3.05, 3.63) is 11.6 Å². The van der Waals surface area contributed by atoms with E-state index < -0.39 is 0 Å². The minimum atomic E-state index is 0.778. The third kappa shape index (κ3) is 3.30. The van der Waals surface area contributed by atoms with Gasteiger partial charge in [-0.05, 0) is 31.6 Å². The fourth-order valence-electron chi connectivity index (χ4n) is 1.92. The van der Waals surface area contributed by atoms with Gasteiger partial charge in [-0.15, -0.1) is 0 Å². The molecular formula is C11H19NOS. The van der Waals surface area contributed by atoms with Crippen molar-refractivity contribution < 1.29 is 4.74 Å². The van der Waals surface area contributed by atoms with Crippen LogP contribution in [0.3, 0.4) is 0 Å². The Morgan fingerprint density at radius 1 is 1.57 bits per heavy atom. The van der Waals surface area contributed by atoms with E-state index in [0.29, 0.717) is 0 Å². The van der Waals surface area contributed by atoms with Crippen LogP contribution in [-0.2, 0) is 4.74 Å². The molecule has 0 amide bonds.